The summed E-state index contributed by atoms with van der Waals surface area (Å²) < 4.78 is 9.89. The first-order chi connectivity index (χ1) is 5.65. The molecule has 0 N–H and O–H groups in total. The number of epoxide rings is 1. The molecule has 12 heavy (non-hydrogen) atoms. The quantitative estimate of drug-likeness (QED) is 0.427. The van der Waals surface area contributed by atoms with Gasteiger partial charge in [-0.15, -0.1) is 0 Å². The summed E-state index contributed by atoms with van der Waals surface area (Å²) in [6.07, 6.45) is 5.50. The molecule has 0 aromatic carbocycles. The third-order valence-electron chi connectivity index (χ3n) is 2.23. The summed E-state index contributed by atoms with van der Waals surface area (Å²) in [6.45, 7) is 1.98. The molecule has 0 aromatic rings. The molecule has 1 fully saturated rings. The largest absolute Gasteiger partial charge is 0.465 e. The zero-order valence-electron chi connectivity index (χ0n) is 7.03. The molecule has 3 nitrogen and oxygen atoms in total. The molecule has 0 spiro atoms. The van der Waals surface area contributed by atoms with Gasteiger partial charge in [0.25, 0.3) is 0 Å². The van der Waals surface area contributed by atoms with E-state index >= 15 is 0 Å². The van der Waals surface area contributed by atoms with Gasteiger partial charge in [-0.25, -0.2) is 4.79 Å². The van der Waals surface area contributed by atoms with E-state index in [0.717, 1.165) is 0 Å². The number of hydrogen-bond donors (Lipinski definition) is 0. The van der Waals surface area contributed by atoms with Crippen molar-refractivity contribution in [1.29, 1.82) is 0 Å². The predicted octanol–water partition coefficient (Wildman–Crippen LogP) is 0.813. The molecule has 1 aliphatic heterocycles. The molecule has 2 rings (SSSR count). The summed E-state index contributed by atoms with van der Waals surface area (Å²) in [6, 6.07) is 0. The number of rotatable bonds is 1. The molecule has 2 aliphatic rings. The van der Waals surface area contributed by atoms with Gasteiger partial charge in [0.15, 0.2) is 0 Å². The lowest BCUT2D eigenvalue weighted by molar-refractivity contribution is -0.135. The number of ether oxygens (including phenoxy) is 2. The van der Waals surface area contributed by atoms with Gasteiger partial charge in [0, 0.05) is 0 Å². The van der Waals surface area contributed by atoms with Crippen LogP contribution in [0.4, 0.5) is 0 Å². The van der Waals surface area contributed by atoms with Crippen molar-refractivity contribution in [2.24, 2.45) is 0 Å². The summed E-state index contributed by atoms with van der Waals surface area (Å²) in [4.78, 5) is 11.0. The van der Waals surface area contributed by atoms with E-state index in [1.807, 2.05) is 13.0 Å². The Hall–Kier alpha value is -1.09. The summed E-state index contributed by atoms with van der Waals surface area (Å²) in [5.74, 6) is -0.302. The van der Waals surface area contributed by atoms with E-state index in [4.69, 9.17) is 4.74 Å². The molecule has 1 heterocycles. The lowest BCUT2D eigenvalue weighted by atomic mass is 9.99. The van der Waals surface area contributed by atoms with E-state index in [1.54, 1.807) is 12.2 Å². The Labute approximate surface area is 70.7 Å². The van der Waals surface area contributed by atoms with E-state index in [0.29, 0.717) is 5.57 Å². The van der Waals surface area contributed by atoms with Crippen molar-refractivity contribution in [2.45, 2.75) is 18.6 Å². The Balaban J connectivity index is 2.17. The summed E-state index contributed by atoms with van der Waals surface area (Å²) in [5.41, 5.74) is 0.426. The third-order valence-corrected chi connectivity index (χ3v) is 2.23. The number of hydrogen-bond acceptors (Lipinski definition) is 3. The predicted molar refractivity (Wildman–Crippen MR) is 42.5 cm³/mol. The Morgan fingerprint density at radius 2 is 2.50 bits per heavy atom. The first kappa shape index (κ1) is 7.55. The second kappa shape index (κ2) is 2.20. The molecule has 2 unspecified atom stereocenters. The molecule has 1 saturated heterocycles. The molecule has 1 aliphatic carbocycles. The maximum atomic E-state index is 11.0. The van der Waals surface area contributed by atoms with Crippen molar-refractivity contribution in [3.05, 3.63) is 23.8 Å². The molecule has 0 saturated carbocycles. The summed E-state index contributed by atoms with van der Waals surface area (Å²) in [7, 11) is 1.37. The molecule has 0 bridgehead atoms. The molecule has 64 valence electrons. The van der Waals surface area contributed by atoms with Crippen LogP contribution in [0.3, 0.4) is 0 Å². The van der Waals surface area contributed by atoms with Gasteiger partial charge in [-0.05, 0) is 25.2 Å². The average molecular weight is 166 g/mol. The maximum absolute atomic E-state index is 11.0. The highest BCUT2D eigenvalue weighted by atomic mass is 16.6. The van der Waals surface area contributed by atoms with Gasteiger partial charge in [-0.2, -0.15) is 0 Å². The first-order valence-electron chi connectivity index (χ1n) is 3.83. The van der Waals surface area contributed by atoms with Crippen molar-refractivity contribution in [3.8, 4) is 0 Å². The van der Waals surface area contributed by atoms with Gasteiger partial charge in [-0.3, -0.25) is 0 Å². The highest BCUT2D eigenvalue weighted by molar-refractivity contribution is 5.92. The van der Waals surface area contributed by atoms with Crippen LogP contribution in [0, 0.1) is 0 Å². The lowest BCUT2D eigenvalue weighted by Crippen LogP contribution is -2.12. The molecular weight excluding hydrogens is 156 g/mol. The standard InChI is InChI=1S/C9H10O3/c1-9-4-3-6(8(10)11-2)5-7(9)12-9/h3-5,7H,1-2H3. The highest BCUT2D eigenvalue weighted by Crippen LogP contribution is 2.41. The number of carbonyl (C=O) groups excluding carboxylic acids is 1. The Morgan fingerprint density at radius 1 is 1.75 bits per heavy atom. The van der Waals surface area contributed by atoms with Crippen LogP contribution in [0.5, 0.6) is 0 Å². The van der Waals surface area contributed by atoms with Crippen LogP contribution in [-0.2, 0) is 14.3 Å². The Morgan fingerprint density at radius 3 is 3.08 bits per heavy atom. The monoisotopic (exact) mass is 166 g/mol. The van der Waals surface area contributed by atoms with Crippen LogP contribution in [0.15, 0.2) is 23.8 Å². The molecule has 3 heteroatoms. The van der Waals surface area contributed by atoms with Crippen LogP contribution in [0.2, 0.25) is 0 Å². The Bertz CT molecular complexity index is 290. The fourth-order valence-electron chi connectivity index (χ4n) is 1.30. The van der Waals surface area contributed by atoms with Crippen molar-refractivity contribution < 1.29 is 14.3 Å². The molecular formula is C9H10O3. The molecule has 0 radical (unpaired) electrons. The number of fused-ring (bicyclic) bond motifs is 1. The van der Waals surface area contributed by atoms with Crippen molar-refractivity contribution in [1.82, 2.24) is 0 Å². The average Bonchev–Trinajstić information content (AvgIpc) is 2.73. The SMILES string of the molecule is COC(=O)C1=CC2OC2(C)C=C1. The number of carbonyl (C=O) groups is 1. The van der Waals surface area contributed by atoms with E-state index in [9.17, 15) is 4.79 Å². The van der Waals surface area contributed by atoms with Gasteiger partial charge in [0.2, 0.25) is 0 Å². The van der Waals surface area contributed by atoms with Crippen molar-refractivity contribution >= 4 is 5.97 Å². The second-order valence-electron chi connectivity index (χ2n) is 3.17. The lowest BCUT2D eigenvalue weighted by Gasteiger charge is -2.04. The van der Waals surface area contributed by atoms with E-state index in [1.165, 1.54) is 7.11 Å². The first-order valence-corrected chi connectivity index (χ1v) is 3.83. The third kappa shape index (κ3) is 0.975. The second-order valence-corrected chi connectivity index (χ2v) is 3.17. The summed E-state index contributed by atoms with van der Waals surface area (Å²) in [5, 5.41) is 0. The molecule has 0 aromatic heterocycles. The topological polar surface area (TPSA) is 38.8 Å². The molecule has 0 amide bonds. The van der Waals surface area contributed by atoms with Crippen LogP contribution >= 0.6 is 0 Å². The zero-order valence-corrected chi connectivity index (χ0v) is 7.03. The van der Waals surface area contributed by atoms with Gasteiger partial charge < -0.3 is 9.47 Å². The van der Waals surface area contributed by atoms with Crippen LogP contribution < -0.4 is 0 Å². The Kier molecular flexibility index (Phi) is 1.38. The zero-order chi connectivity index (χ0) is 8.77. The van der Waals surface area contributed by atoms with Gasteiger partial charge >= 0.3 is 5.97 Å². The minimum absolute atomic E-state index is 0.0663. The van der Waals surface area contributed by atoms with Crippen LogP contribution in [-0.4, -0.2) is 24.8 Å². The smallest absolute Gasteiger partial charge is 0.337 e. The van der Waals surface area contributed by atoms with E-state index in [2.05, 4.69) is 4.74 Å². The van der Waals surface area contributed by atoms with Crippen molar-refractivity contribution in [3.63, 3.8) is 0 Å². The fraction of sp³-hybridized carbons (Fsp3) is 0.444. The minimum atomic E-state index is -0.302. The van der Waals surface area contributed by atoms with Gasteiger partial charge in [0.1, 0.15) is 11.7 Å². The van der Waals surface area contributed by atoms with Crippen molar-refractivity contribution in [2.75, 3.05) is 7.11 Å². The molecule has 2 atom stereocenters. The fourth-order valence-corrected chi connectivity index (χ4v) is 1.30. The number of methoxy groups -OCH3 is 1. The number of esters is 1. The van der Waals surface area contributed by atoms with Crippen LogP contribution in [0.25, 0.3) is 0 Å². The maximum Gasteiger partial charge on any atom is 0.337 e. The van der Waals surface area contributed by atoms with Gasteiger partial charge in [-0.1, -0.05) is 0 Å². The van der Waals surface area contributed by atoms with E-state index < -0.39 is 0 Å². The van der Waals surface area contributed by atoms with E-state index in [-0.39, 0.29) is 17.7 Å². The minimum Gasteiger partial charge on any atom is -0.465 e. The normalized spacial score (nSPS) is 36.8. The van der Waals surface area contributed by atoms with Crippen LogP contribution in [0.1, 0.15) is 6.92 Å². The highest BCUT2D eigenvalue weighted by Gasteiger charge is 2.50. The van der Waals surface area contributed by atoms with Gasteiger partial charge in [0.05, 0.1) is 12.7 Å². The summed E-state index contributed by atoms with van der Waals surface area (Å²) >= 11 is 0.